The van der Waals surface area contributed by atoms with Crippen LogP contribution in [0.1, 0.15) is 10.4 Å². The van der Waals surface area contributed by atoms with Crippen LogP contribution in [0, 0.1) is 0 Å². The summed E-state index contributed by atoms with van der Waals surface area (Å²) in [7, 11) is 0. The van der Waals surface area contributed by atoms with Crippen LogP contribution in [0.2, 0.25) is 0 Å². The Morgan fingerprint density at radius 3 is 2.79 bits per heavy atom. The fourth-order valence-corrected chi connectivity index (χ4v) is 1.51. The van der Waals surface area contributed by atoms with Crippen molar-refractivity contribution in [3.05, 3.63) is 66.9 Å². The number of nitrogens with one attached hydrogen (secondary N) is 1. The van der Waals surface area contributed by atoms with Crippen LogP contribution in [0.15, 0.2) is 61.3 Å². The average molecular weight is 254 g/mol. The molecule has 0 saturated heterocycles. The van der Waals surface area contributed by atoms with Gasteiger partial charge in [0.25, 0.3) is 5.91 Å². The highest BCUT2D eigenvalue weighted by Gasteiger charge is 2.13. The number of hydrogen-bond acceptors (Lipinski definition) is 3. The van der Waals surface area contributed by atoms with Crippen molar-refractivity contribution < 1.29 is 9.53 Å². The number of benzene rings is 1. The van der Waals surface area contributed by atoms with Gasteiger partial charge in [0.1, 0.15) is 11.3 Å². The van der Waals surface area contributed by atoms with Crippen LogP contribution >= 0.6 is 0 Å². The van der Waals surface area contributed by atoms with Gasteiger partial charge in [0.15, 0.2) is 0 Å². The van der Waals surface area contributed by atoms with E-state index in [0.29, 0.717) is 17.9 Å². The van der Waals surface area contributed by atoms with Gasteiger partial charge in [-0.2, -0.15) is 0 Å². The number of nitrogens with zero attached hydrogens (tertiary/aromatic N) is 1. The van der Waals surface area contributed by atoms with E-state index in [-0.39, 0.29) is 11.8 Å². The lowest BCUT2D eigenvalue weighted by atomic mass is 10.2. The summed E-state index contributed by atoms with van der Waals surface area (Å²) in [6, 6.07) is 12.6. The van der Waals surface area contributed by atoms with E-state index in [1.54, 1.807) is 36.5 Å². The molecule has 96 valence electrons. The molecule has 2 rings (SSSR count). The molecule has 0 atom stereocenters. The molecule has 0 unspecified atom stereocenters. The molecule has 4 nitrogen and oxygen atoms in total. The van der Waals surface area contributed by atoms with E-state index in [4.69, 9.17) is 4.74 Å². The summed E-state index contributed by atoms with van der Waals surface area (Å²) in [6.45, 7) is 3.96. The lowest BCUT2D eigenvalue weighted by molar-refractivity contribution is 0.0955. The summed E-state index contributed by atoms with van der Waals surface area (Å²) in [4.78, 5) is 16.0. The first-order valence-electron chi connectivity index (χ1n) is 5.88. The zero-order valence-corrected chi connectivity index (χ0v) is 10.4. The molecule has 1 amide bonds. The molecular weight excluding hydrogens is 240 g/mol. The normalized spacial score (nSPS) is 9.68. The molecule has 0 spiro atoms. The molecular formula is C15H14N2O2. The Kier molecular flexibility index (Phi) is 4.29. The minimum absolute atomic E-state index is 0.237. The van der Waals surface area contributed by atoms with E-state index >= 15 is 0 Å². The predicted octanol–water partition coefficient (Wildman–Crippen LogP) is 2.79. The Morgan fingerprint density at radius 2 is 2.05 bits per heavy atom. The standard InChI is InChI=1S/C15H14N2O2/c1-2-10-16-14(18)13-9-6-11-17-15(13)19-12-7-4-3-5-8-12/h2-9,11H,1,10H2,(H,16,18). The number of aromatic nitrogens is 1. The minimum Gasteiger partial charge on any atom is -0.438 e. The number of rotatable bonds is 5. The van der Waals surface area contributed by atoms with Gasteiger partial charge in [0.2, 0.25) is 5.88 Å². The second kappa shape index (κ2) is 6.35. The summed E-state index contributed by atoms with van der Waals surface area (Å²) in [5, 5.41) is 2.70. The van der Waals surface area contributed by atoms with Crippen LogP contribution in [-0.2, 0) is 0 Å². The largest absolute Gasteiger partial charge is 0.438 e. The van der Waals surface area contributed by atoms with Crippen molar-refractivity contribution in [2.45, 2.75) is 0 Å². The highest BCUT2D eigenvalue weighted by molar-refractivity contribution is 5.96. The molecule has 0 fully saturated rings. The van der Waals surface area contributed by atoms with E-state index in [2.05, 4.69) is 16.9 Å². The monoisotopic (exact) mass is 254 g/mol. The van der Waals surface area contributed by atoms with Crippen molar-refractivity contribution in [1.82, 2.24) is 10.3 Å². The van der Waals surface area contributed by atoms with Gasteiger partial charge in [-0.15, -0.1) is 6.58 Å². The van der Waals surface area contributed by atoms with Crippen molar-refractivity contribution in [3.8, 4) is 11.6 Å². The van der Waals surface area contributed by atoms with Crippen molar-refractivity contribution in [3.63, 3.8) is 0 Å². The number of carbonyl (C=O) groups is 1. The maximum atomic E-state index is 11.9. The Bertz CT molecular complexity index is 567. The van der Waals surface area contributed by atoms with Gasteiger partial charge in [-0.1, -0.05) is 24.3 Å². The zero-order chi connectivity index (χ0) is 13.5. The van der Waals surface area contributed by atoms with Gasteiger partial charge in [0.05, 0.1) is 0 Å². The Hall–Kier alpha value is -2.62. The van der Waals surface area contributed by atoms with Crippen LogP contribution in [0.4, 0.5) is 0 Å². The van der Waals surface area contributed by atoms with E-state index in [1.807, 2.05) is 18.2 Å². The van der Waals surface area contributed by atoms with Gasteiger partial charge in [-0.05, 0) is 24.3 Å². The minimum atomic E-state index is -0.237. The first-order valence-corrected chi connectivity index (χ1v) is 5.88. The van der Waals surface area contributed by atoms with Crippen LogP contribution < -0.4 is 10.1 Å². The number of carbonyl (C=O) groups excluding carboxylic acids is 1. The van der Waals surface area contributed by atoms with E-state index in [9.17, 15) is 4.79 Å². The maximum Gasteiger partial charge on any atom is 0.257 e. The average Bonchev–Trinajstić information content (AvgIpc) is 2.46. The highest BCUT2D eigenvalue weighted by atomic mass is 16.5. The summed E-state index contributed by atoms with van der Waals surface area (Å²) >= 11 is 0. The lowest BCUT2D eigenvalue weighted by Crippen LogP contribution is -2.23. The number of amides is 1. The quantitative estimate of drug-likeness (QED) is 0.835. The zero-order valence-electron chi connectivity index (χ0n) is 10.4. The topological polar surface area (TPSA) is 51.2 Å². The molecule has 1 aromatic carbocycles. The van der Waals surface area contributed by atoms with Gasteiger partial charge < -0.3 is 10.1 Å². The van der Waals surface area contributed by atoms with Crippen molar-refractivity contribution >= 4 is 5.91 Å². The number of pyridine rings is 1. The second-order valence-corrected chi connectivity index (χ2v) is 3.77. The molecule has 1 N–H and O–H groups in total. The SMILES string of the molecule is C=CCNC(=O)c1cccnc1Oc1ccccc1. The van der Waals surface area contributed by atoms with E-state index in [0.717, 1.165) is 0 Å². The van der Waals surface area contributed by atoms with Crippen molar-refractivity contribution in [2.24, 2.45) is 0 Å². The fourth-order valence-electron chi connectivity index (χ4n) is 1.51. The summed E-state index contributed by atoms with van der Waals surface area (Å²) in [5.74, 6) is 0.688. The van der Waals surface area contributed by atoms with Crippen LogP contribution in [0.25, 0.3) is 0 Å². The van der Waals surface area contributed by atoms with Crippen LogP contribution in [-0.4, -0.2) is 17.4 Å². The first kappa shape index (κ1) is 12.8. The first-order chi connectivity index (χ1) is 9.31. The molecule has 0 aliphatic rings. The number of ether oxygens (including phenoxy) is 1. The third-order valence-corrected chi connectivity index (χ3v) is 2.38. The van der Waals surface area contributed by atoms with Gasteiger partial charge in [0, 0.05) is 12.7 Å². The van der Waals surface area contributed by atoms with Crippen molar-refractivity contribution in [1.29, 1.82) is 0 Å². The molecule has 0 aliphatic heterocycles. The fraction of sp³-hybridized carbons (Fsp3) is 0.0667. The molecule has 19 heavy (non-hydrogen) atoms. The van der Waals surface area contributed by atoms with E-state index < -0.39 is 0 Å². The summed E-state index contributed by atoms with van der Waals surface area (Å²) in [5.41, 5.74) is 0.396. The molecule has 0 radical (unpaired) electrons. The van der Waals surface area contributed by atoms with Gasteiger partial charge >= 0.3 is 0 Å². The molecule has 2 aromatic rings. The smallest absolute Gasteiger partial charge is 0.257 e. The number of hydrogen-bond donors (Lipinski definition) is 1. The van der Waals surface area contributed by atoms with Gasteiger partial charge in [-0.25, -0.2) is 4.98 Å². The Balaban J connectivity index is 2.21. The van der Waals surface area contributed by atoms with Crippen LogP contribution in [0.5, 0.6) is 11.6 Å². The third-order valence-electron chi connectivity index (χ3n) is 2.38. The van der Waals surface area contributed by atoms with E-state index in [1.165, 1.54) is 0 Å². The van der Waals surface area contributed by atoms with Crippen LogP contribution in [0.3, 0.4) is 0 Å². The lowest BCUT2D eigenvalue weighted by Gasteiger charge is -2.09. The summed E-state index contributed by atoms with van der Waals surface area (Å²) in [6.07, 6.45) is 3.20. The highest BCUT2D eigenvalue weighted by Crippen LogP contribution is 2.22. The summed E-state index contributed by atoms with van der Waals surface area (Å²) < 4.78 is 5.61. The molecule has 4 heteroatoms. The molecule has 0 saturated carbocycles. The van der Waals surface area contributed by atoms with Gasteiger partial charge in [-0.3, -0.25) is 4.79 Å². The predicted molar refractivity (Wildman–Crippen MR) is 73.3 cm³/mol. The maximum absolute atomic E-state index is 11.9. The molecule has 0 aliphatic carbocycles. The molecule has 1 aromatic heterocycles. The van der Waals surface area contributed by atoms with Crippen molar-refractivity contribution in [2.75, 3.05) is 6.54 Å². The number of para-hydroxylation sites is 1. The Labute approximate surface area is 111 Å². The third kappa shape index (κ3) is 3.42. The Morgan fingerprint density at radius 1 is 1.26 bits per heavy atom. The molecule has 0 bridgehead atoms. The second-order valence-electron chi connectivity index (χ2n) is 3.77. The molecule has 1 heterocycles.